The highest BCUT2D eigenvalue weighted by Crippen LogP contribution is 2.24. The van der Waals surface area contributed by atoms with Gasteiger partial charge in [-0.1, -0.05) is 6.07 Å². The average Bonchev–Trinajstić information content (AvgIpc) is 3.11. The summed E-state index contributed by atoms with van der Waals surface area (Å²) in [6.07, 6.45) is 3.72. The zero-order chi connectivity index (χ0) is 18.5. The van der Waals surface area contributed by atoms with E-state index in [0.717, 1.165) is 31.4 Å². The first-order valence-electron chi connectivity index (χ1n) is 9.58. The molecule has 3 atom stereocenters. The molecular weight excluding hydrogens is 335 g/mol. The molecule has 0 spiro atoms. The van der Waals surface area contributed by atoms with Gasteiger partial charge in [0.2, 0.25) is 5.91 Å². The Labute approximate surface area is 154 Å². The lowest BCUT2D eigenvalue weighted by Gasteiger charge is -2.37. The number of nitrogens with one attached hydrogen (secondary N) is 1. The van der Waals surface area contributed by atoms with Crippen LogP contribution in [0.4, 0.5) is 10.1 Å². The van der Waals surface area contributed by atoms with Crippen LogP contribution in [0.2, 0.25) is 0 Å². The monoisotopic (exact) mass is 364 g/mol. The van der Waals surface area contributed by atoms with Gasteiger partial charge in [0.05, 0.1) is 24.0 Å². The normalized spacial score (nSPS) is 26.1. The maximum absolute atomic E-state index is 14.6. The summed E-state index contributed by atoms with van der Waals surface area (Å²) >= 11 is 0. The molecule has 0 saturated carbocycles. The van der Waals surface area contributed by atoms with E-state index in [4.69, 9.17) is 9.47 Å². The molecule has 2 heterocycles. The number of morpholine rings is 1. The van der Waals surface area contributed by atoms with E-state index in [2.05, 4.69) is 5.32 Å². The Morgan fingerprint density at radius 3 is 2.73 bits per heavy atom. The second kappa shape index (κ2) is 8.82. The van der Waals surface area contributed by atoms with E-state index in [9.17, 15) is 9.18 Å². The minimum Gasteiger partial charge on any atom is -0.378 e. The molecule has 2 saturated heterocycles. The van der Waals surface area contributed by atoms with Crippen LogP contribution in [0.3, 0.4) is 0 Å². The lowest BCUT2D eigenvalue weighted by molar-refractivity contribution is -0.121. The average molecular weight is 364 g/mol. The Hall–Kier alpha value is -1.66. The number of hydrogen-bond donors (Lipinski definition) is 1. The number of amides is 1. The highest BCUT2D eigenvalue weighted by Gasteiger charge is 2.24. The van der Waals surface area contributed by atoms with Gasteiger partial charge in [-0.3, -0.25) is 4.79 Å². The van der Waals surface area contributed by atoms with Gasteiger partial charge in [-0.25, -0.2) is 4.39 Å². The molecule has 2 aliphatic heterocycles. The molecule has 1 aromatic rings. The van der Waals surface area contributed by atoms with Crippen molar-refractivity contribution in [2.24, 2.45) is 0 Å². The smallest absolute Gasteiger partial charge is 0.220 e. The number of carbonyl (C=O) groups excluding carboxylic acids is 1. The topological polar surface area (TPSA) is 50.8 Å². The van der Waals surface area contributed by atoms with Crippen molar-refractivity contribution < 1.29 is 18.7 Å². The van der Waals surface area contributed by atoms with Gasteiger partial charge in [-0.15, -0.1) is 0 Å². The summed E-state index contributed by atoms with van der Waals surface area (Å²) in [7, 11) is 0. The van der Waals surface area contributed by atoms with Gasteiger partial charge in [0, 0.05) is 32.7 Å². The van der Waals surface area contributed by atoms with Crippen LogP contribution < -0.4 is 10.2 Å². The number of rotatable bonds is 6. The van der Waals surface area contributed by atoms with E-state index in [1.54, 1.807) is 6.07 Å². The quantitative estimate of drug-likeness (QED) is 0.843. The van der Waals surface area contributed by atoms with Crippen LogP contribution >= 0.6 is 0 Å². The number of anilines is 1. The van der Waals surface area contributed by atoms with Gasteiger partial charge < -0.3 is 19.7 Å². The number of halogens is 1. The van der Waals surface area contributed by atoms with E-state index in [1.165, 1.54) is 6.07 Å². The third kappa shape index (κ3) is 5.17. The van der Waals surface area contributed by atoms with Crippen LogP contribution in [0.5, 0.6) is 0 Å². The molecule has 0 radical (unpaired) electrons. The molecule has 0 unspecified atom stereocenters. The van der Waals surface area contributed by atoms with E-state index in [-0.39, 0.29) is 30.0 Å². The molecule has 2 aliphatic rings. The number of hydrogen-bond acceptors (Lipinski definition) is 4. The fourth-order valence-electron chi connectivity index (χ4n) is 3.74. The summed E-state index contributed by atoms with van der Waals surface area (Å²) in [6.45, 7) is 6.51. The van der Waals surface area contributed by atoms with Crippen molar-refractivity contribution in [3.05, 3.63) is 29.6 Å². The Morgan fingerprint density at radius 1 is 1.31 bits per heavy atom. The van der Waals surface area contributed by atoms with Gasteiger partial charge in [0.15, 0.2) is 0 Å². The summed E-state index contributed by atoms with van der Waals surface area (Å²) in [4.78, 5) is 14.0. The fourth-order valence-corrected chi connectivity index (χ4v) is 3.74. The minimum absolute atomic E-state index is 0.0131. The highest BCUT2D eigenvalue weighted by molar-refractivity contribution is 5.75. The van der Waals surface area contributed by atoms with Crippen LogP contribution in [-0.2, 0) is 20.8 Å². The lowest BCUT2D eigenvalue weighted by atomic mass is 10.1. The molecule has 2 fully saturated rings. The van der Waals surface area contributed by atoms with E-state index >= 15 is 0 Å². The van der Waals surface area contributed by atoms with Gasteiger partial charge in [-0.2, -0.15) is 0 Å². The number of ether oxygens (including phenoxy) is 2. The summed E-state index contributed by atoms with van der Waals surface area (Å²) in [6, 6.07) is 5.19. The van der Waals surface area contributed by atoms with Crippen LogP contribution in [-0.4, -0.2) is 43.9 Å². The van der Waals surface area contributed by atoms with Gasteiger partial charge >= 0.3 is 0 Å². The zero-order valence-electron chi connectivity index (χ0n) is 15.7. The third-order valence-electron chi connectivity index (χ3n) is 4.98. The molecule has 6 heteroatoms. The van der Waals surface area contributed by atoms with Gasteiger partial charge in [0.25, 0.3) is 0 Å². The minimum atomic E-state index is -0.252. The zero-order valence-corrected chi connectivity index (χ0v) is 15.7. The number of benzene rings is 1. The van der Waals surface area contributed by atoms with Crippen LogP contribution in [0.25, 0.3) is 0 Å². The second-order valence-corrected chi connectivity index (χ2v) is 7.40. The summed E-state index contributed by atoms with van der Waals surface area (Å²) < 4.78 is 25.8. The highest BCUT2D eigenvalue weighted by atomic mass is 19.1. The molecule has 1 amide bonds. The molecule has 0 bridgehead atoms. The Morgan fingerprint density at radius 2 is 2.08 bits per heavy atom. The Bertz CT molecular complexity index is 609. The van der Waals surface area contributed by atoms with Crippen molar-refractivity contribution in [1.82, 2.24) is 5.32 Å². The molecule has 5 nitrogen and oxygen atoms in total. The largest absolute Gasteiger partial charge is 0.378 e. The van der Waals surface area contributed by atoms with Crippen molar-refractivity contribution in [3.63, 3.8) is 0 Å². The van der Waals surface area contributed by atoms with Crippen LogP contribution in [0, 0.1) is 5.82 Å². The summed E-state index contributed by atoms with van der Waals surface area (Å²) in [5.41, 5.74) is 1.37. The van der Waals surface area contributed by atoms with Crippen molar-refractivity contribution in [2.45, 2.75) is 64.4 Å². The Balaban J connectivity index is 1.50. The molecule has 1 N–H and O–H groups in total. The van der Waals surface area contributed by atoms with Gasteiger partial charge in [-0.05, 0) is 50.8 Å². The number of nitrogens with zero attached hydrogens (tertiary/aromatic N) is 1. The first-order valence-corrected chi connectivity index (χ1v) is 9.58. The molecule has 0 aromatic heterocycles. The predicted octanol–water partition coefficient (Wildman–Crippen LogP) is 3.01. The van der Waals surface area contributed by atoms with E-state index in [0.29, 0.717) is 31.7 Å². The van der Waals surface area contributed by atoms with Crippen molar-refractivity contribution in [2.75, 3.05) is 24.6 Å². The third-order valence-corrected chi connectivity index (χ3v) is 4.98. The standard InChI is InChI=1S/C20H29FN2O3/c1-14-12-23(13-15(2)26-14)19-7-5-16(10-18(19)21)11-22-20(24)8-6-17-4-3-9-25-17/h5,7,10,14-15,17H,3-4,6,8-9,11-13H2,1-2H3,(H,22,24)/t14-,15-,17+/m1/s1. The molecule has 3 rings (SSSR count). The van der Waals surface area contributed by atoms with Crippen LogP contribution in [0.15, 0.2) is 18.2 Å². The van der Waals surface area contributed by atoms with Crippen molar-refractivity contribution in [3.8, 4) is 0 Å². The fraction of sp³-hybridized carbons (Fsp3) is 0.650. The van der Waals surface area contributed by atoms with Crippen LogP contribution in [0.1, 0.15) is 45.1 Å². The first kappa shape index (κ1) is 19.1. The molecule has 0 aliphatic carbocycles. The summed E-state index contributed by atoms with van der Waals surface area (Å²) in [5, 5.41) is 2.87. The Kier molecular flexibility index (Phi) is 6.48. The molecule has 26 heavy (non-hydrogen) atoms. The molecular formula is C20H29FN2O3. The van der Waals surface area contributed by atoms with Gasteiger partial charge in [0.1, 0.15) is 5.82 Å². The van der Waals surface area contributed by atoms with Crippen molar-refractivity contribution >= 4 is 11.6 Å². The van der Waals surface area contributed by atoms with E-state index in [1.807, 2.05) is 24.8 Å². The van der Waals surface area contributed by atoms with E-state index < -0.39 is 0 Å². The lowest BCUT2D eigenvalue weighted by Crippen LogP contribution is -2.45. The second-order valence-electron chi connectivity index (χ2n) is 7.40. The SMILES string of the molecule is C[C@@H]1CN(c2ccc(CNC(=O)CC[C@@H]3CCCO3)cc2F)C[C@@H](C)O1. The maximum Gasteiger partial charge on any atom is 0.220 e. The molecule has 1 aromatic carbocycles. The predicted molar refractivity (Wildman–Crippen MR) is 98.7 cm³/mol. The first-order chi connectivity index (χ1) is 12.5. The number of carbonyl (C=O) groups is 1. The maximum atomic E-state index is 14.6. The van der Waals surface area contributed by atoms with Crippen molar-refractivity contribution in [1.29, 1.82) is 0 Å². The molecule has 144 valence electrons. The summed E-state index contributed by atoms with van der Waals surface area (Å²) in [5.74, 6) is -0.266.